The summed E-state index contributed by atoms with van der Waals surface area (Å²) in [7, 11) is 0. The molecule has 9 heteroatoms. The van der Waals surface area contributed by atoms with E-state index in [4.69, 9.17) is 15.6 Å². The average molecular weight is 441 g/mol. The van der Waals surface area contributed by atoms with Gasteiger partial charge in [-0.05, 0) is 55.0 Å². The van der Waals surface area contributed by atoms with Crippen LogP contribution in [0.1, 0.15) is 38.7 Å². The van der Waals surface area contributed by atoms with Crippen LogP contribution in [-0.4, -0.2) is 39.3 Å². The number of halogens is 2. The van der Waals surface area contributed by atoms with Crippen molar-refractivity contribution in [3.63, 3.8) is 0 Å². The summed E-state index contributed by atoms with van der Waals surface area (Å²) in [5.41, 5.74) is 0.627. The second-order valence-corrected chi connectivity index (χ2v) is 8.76. The molecule has 1 saturated heterocycles. The number of aromatic nitrogens is 1. The van der Waals surface area contributed by atoms with E-state index in [1.54, 1.807) is 11.8 Å². The summed E-state index contributed by atoms with van der Waals surface area (Å²) in [6.07, 6.45) is 4.46. The standard InChI is InChI=1S/C23H25F2N5O2/c1-12-4-17-9-23(8-12,21(27)32-14(3)26)30(17)22(31)29-20-7-18(13(2)5-19(20)25)15-6-16(24)11-28-10-15/h5-7,10-12,17,26-27H,4,8-9H2,1-3H3,(H,29,31). The SMILES string of the molecule is CC(=N)OC(=N)C12CC(C)CC(C1)N2C(=O)Nc1cc(-c2cncc(F)c2)c(C)cc1F. The van der Waals surface area contributed by atoms with E-state index in [9.17, 15) is 13.6 Å². The molecular formula is C23H25F2N5O2. The zero-order chi connectivity index (χ0) is 23.2. The molecule has 0 spiro atoms. The Morgan fingerprint density at radius 1 is 1.25 bits per heavy atom. The molecule has 168 valence electrons. The normalized spacial score (nSPS) is 23.8. The lowest BCUT2D eigenvalue weighted by Crippen LogP contribution is -2.75. The van der Waals surface area contributed by atoms with Gasteiger partial charge in [0.1, 0.15) is 17.2 Å². The number of hydrogen-bond donors (Lipinski definition) is 3. The fourth-order valence-corrected chi connectivity index (χ4v) is 5.03. The van der Waals surface area contributed by atoms with Crippen molar-refractivity contribution in [2.24, 2.45) is 5.92 Å². The summed E-state index contributed by atoms with van der Waals surface area (Å²) in [4.78, 5) is 18.6. The molecule has 3 N–H and O–H groups in total. The molecule has 1 aliphatic carbocycles. The predicted octanol–water partition coefficient (Wildman–Crippen LogP) is 5.10. The second kappa shape index (κ2) is 7.96. The van der Waals surface area contributed by atoms with Crippen molar-refractivity contribution in [1.29, 1.82) is 10.8 Å². The summed E-state index contributed by atoms with van der Waals surface area (Å²) in [5, 5.41) is 18.6. The van der Waals surface area contributed by atoms with Crippen molar-refractivity contribution in [3.8, 4) is 11.1 Å². The van der Waals surface area contributed by atoms with Crippen molar-refractivity contribution in [3.05, 3.63) is 47.8 Å². The van der Waals surface area contributed by atoms with Gasteiger partial charge in [0.15, 0.2) is 5.90 Å². The Labute approximate surface area is 184 Å². The highest BCUT2D eigenvalue weighted by atomic mass is 19.1. The van der Waals surface area contributed by atoms with Gasteiger partial charge in [-0.15, -0.1) is 0 Å². The number of nitrogens with zero attached hydrogens (tertiary/aromatic N) is 2. The lowest BCUT2D eigenvalue weighted by atomic mass is 9.64. The number of piperidine rings is 1. The fourth-order valence-electron chi connectivity index (χ4n) is 5.03. The topological polar surface area (TPSA) is 102 Å². The Bertz CT molecular complexity index is 1120. The monoisotopic (exact) mass is 441 g/mol. The van der Waals surface area contributed by atoms with Crippen molar-refractivity contribution in [2.75, 3.05) is 5.32 Å². The van der Waals surface area contributed by atoms with Gasteiger partial charge < -0.3 is 15.0 Å². The highest BCUT2D eigenvalue weighted by Crippen LogP contribution is 2.50. The molecule has 2 amide bonds. The van der Waals surface area contributed by atoms with Crippen molar-refractivity contribution >= 4 is 23.5 Å². The van der Waals surface area contributed by atoms with E-state index in [1.807, 2.05) is 0 Å². The van der Waals surface area contributed by atoms with Crippen LogP contribution < -0.4 is 5.32 Å². The van der Waals surface area contributed by atoms with Gasteiger partial charge in [0.05, 0.1) is 11.9 Å². The molecule has 1 aliphatic heterocycles. The molecule has 3 atom stereocenters. The minimum absolute atomic E-state index is 0.0382. The van der Waals surface area contributed by atoms with E-state index in [0.29, 0.717) is 29.5 Å². The maximum Gasteiger partial charge on any atom is 0.323 e. The van der Waals surface area contributed by atoms with E-state index >= 15 is 0 Å². The van der Waals surface area contributed by atoms with E-state index in [1.165, 1.54) is 31.3 Å². The van der Waals surface area contributed by atoms with Crippen LogP contribution in [0.15, 0.2) is 30.6 Å². The van der Waals surface area contributed by atoms with E-state index in [0.717, 1.165) is 12.6 Å². The number of aryl methyl sites for hydroxylation is 1. The Kier molecular flexibility index (Phi) is 5.44. The number of fused-ring (bicyclic) bond motifs is 2. The molecule has 2 aliphatic rings. The molecule has 3 unspecified atom stereocenters. The number of hydrogen-bond acceptors (Lipinski definition) is 5. The number of carbonyl (C=O) groups excluding carboxylic acids is 1. The maximum absolute atomic E-state index is 14.7. The molecule has 2 fully saturated rings. The van der Waals surface area contributed by atoms with Crippen LogP contribution in [0.5, 0.6) is 0 Å². The van der Waals surface area contributed by atoms with E-state index in [2.05, 4.69) is 17.2 Å². The van der Waals surface area contributed by atoms with Gasteiger partial charge in [-0.3, -0.25) is 15.8 Å². The molecule has 2 bridgehead atoms. The quantitative estimate of drug-likeness (QED) is 0.456. The number of benzene rings is 1. The molecule has 1 aromatic heterocycles. The second-order valence-electron chi connectivity index (χ2n) is 8.76. The number of pyridine rings is 1. The average Bonchev–Trinajstić information content (AvgIpc) is 2.68. The first-order valence-electron chi connectivity index (χ1n) is 10.4. The number of urea groups is 1. The maximum atomic E-state index is 14.7. The minimum Gasteiger partial charge on any atom is -0.428 e. The van der Waals surface area contributed by atoms with Crippen LogP contribution in [0.2, 0.25) is 0 Å². The number of carbonyl (C=O) groups is 1. The Hall–Kier alpha value is -3.36. The smallest absolute Gasteiger partial charge is 0.323 e. The van der Waals surface area contributed by atoms with Gasteiger partial charge in [-0.25, -0.2) is 13.6 Å². The summed E-state index contributed by atoms with van der Waals surface area (Å²) < 4.78 is 33.6. The number of nitrogens with one attached hydrogen (secondary N) is 3. The summed E-state index contributed by atoms with van der Waals surface area (Å²) in [6, 6.07) is 3.43. The number of likely N-dealkylation sites (tertiary alicyclic amines) is 1. The first kappa shape index (κ1) is 21.9. The number of rotatable bonds is 3. The lowest BCUT2D eigenvalue weighted by molar-refractivity contribution is -0.0539. The molecule has 32 heavy (non-hydrogen) atoms. The van der Waals surface area contributed by atoms with Gasteiger partial charge in [0.25, 0.3) is 0 Å². The van der Waals surface area contributed by atoms with E-state index in [-0.39, 0.29) is 29.4 Å². The van der Waals surface area contributed by atoms with Gasteiger partial charge >= 0.3 is 6.03 Å². The fraction of sp³-hybridized carbons (Fsp3) is 0.391. The number of anilines is 1. The molecule has 2 heterocycles. The predicted molar refractivity (Wildman–Crippen MR) is 117 cm³/mol. The molecule has 2 aromatic rings. The van der Waals surface area contributed by atoms with Crippen molar-refractivity contribution in [1.82, 2.24) is 9.88 Å². The third kappa shape index (κ3) is 3.72. The van der Waals surface area contributed by atoms with Crippen LogP contribution in [0, 0.1) is 35.3 Å². The van der Waals surface area contributed by atoms with Gasteiger partial charge in [0.2, 0.25) is 5.90 Å². The zero-order valence-corrected chi connectivity index (χ0v) is 18.1. The van der Waals surface area contributed by atoms with Crippen LogP contribution in [-0.2, 0) is 4.74 Å². The minimum atomic E-state index is -0.939. The molecule has 7 nitrogen and oxygen atoms in total. The Balaban J connectivity index is 1.63. The summed E-state index contributed by atoms with van der Waals surface area (Å²) in [5.74, 6) is -1.10. The first-order chi connectivity index (χ1) is 15.1. The molecule has 1 aromatic carbocycles. The summed E-state index contributed by atoms with van der Waals surface area (Å²) >= 11 is 0. The molecule has 4 rings (SSSR count). The van der Waals surface area contributed by atoms with Crippen LogP contribution in [0.4, 0.5) is 19.3 Å². The third-order valence-corrected chi connectivity index (χ3v) is 6.23. The van der Waals surface area contributed by atoms with Crippen molar-refractivity contribution < 1.29 is 18.3 Å². The third-order valence-electron chi connectivity index (χ3n) is 6.23. The van der Waals surface area contributed by atoms with Crippen LogP contribution >= 0.6 is 0 Å². The Morgan fingerprint density at radius 2 is 2.00 bits per heavy atom. The molecule has 1 saturated carbocycles. The number of amides is 2. The van der Waals surface area contributed by atoms with Crippen LogP contribution in [0.25, 0.3) is 11.1 Å². The van der Waals surface area contributed by atoms with Gasteiger partial charge in [-0.2, -0.15) is 0 Å². The molecule has 0 radical (unpaired) electrons. The highest BCUT2D eigenvalue weighted by molar-refractivity contribution is 6.00. The molecular weight excluding hydrogens is 416 g/mol. The first-order valence-corrected chi connectivity index (χ1v) is 10.4. The zero-order valence-electron chi connectivity index (χ0n) is 18.1. The van der Waals surface area contributed by atoms with Crippen LogP contribution in [0.3, 0.4) is 0 Å². The van der Waals surface area contributed by atoms with Gasteiger partial charge in [0, 0.05) is 31.1 Å². The van der Waals surface area contributed by atoms with E-state index < -0.39 is 23.2 Å². The number of ether oxygens (including phenoxy) is 1. The van der Waals surface area contributed by atoms with Gasteiger partial charge in [-0.1, -0.05) is 6.92 Å². The Morgan fingerprint density at radius 3 is 2.69 bits per heavy atom. The van der Waals surface area contributed by atoms with Crippen molar-refractivity contribution in [2.45, 2.75) is 51.6 Å². The highest BCUT2D eigenvalue weighted by Gasteiger charge is 2.62. The largest absolute Gasteiger partial charge is 0.428 e. The lowest BCUT2D eigenvalue weighted by Gasteiger charge is -2.62. The summed E-state index contributed by atoms with van der Waals surface area (Å²) in [6.45, 7) is 5.19.